The molecule has 3 aromatic rings. The topological polar surface area (TPSA) is 65.9 Å². The fraction of sp³-hybridized carbons (Fsp3) is 0.375. The van der Waals surface area contributed by atoms with Crippen LogP contribution in [-0.4, -0.2) is 44.4 Å². The van der Waals surface area contributed by atoms with E-state index in [-0.39, 0.29) is 5.41 Å². The van der Waals surface area contributed by atoms with Gasteiger partial charge in [-0.3, -0.25) is 4.99 Å². The van der Waals surface area contributed by atoms with E-state index in [1.54, 1.807) is 18.4 Å². The summed E-state index contributed by atoms with van der Waals surface area (Å²) in [4.78, 5) is 5.32. The van der Waals surface area contributed by atoms with Gasteiger partial charge in [-0.25, -0.2) is 0 Å². The van der Waals surface area contributed by atoms with Crippen LogP contribution in [0.1, 0.15) is 29.4 Å². The van der Waals surface area contributed by atoms with Crippen LogP contribution >= 0.6 is 11.3 Å². The van der Waals surface area contributed by atoms with Crippen LogP contribution in [0.4, 0.5) is 0 Å². The minimum absolute atomic E-state index is 0.0290. The molecule has 4 rings (SSSR count). The van der Waals surface area contributed by atoms with Gasteiger partial charge in [0.25, 0.3) is 0 Å². The lowest BCUT2D eigenvalue weighted by atomic mass is 9.74. The van der Waals surface area contributed by atoms with Gasteiger partial charge in [0.1, 0.15) is 6.10 Å². The quantitative estimate of drug-likeness (QED) is 0.416. The Kier molecular flexibility index (Phi) is 6.67. The van der Waals surface area contributed by atoms with E-state index >= 15 is 0 Å². The van der Waals surface area contributed by atoms with Crippen LogP contribution in [0.25, 0.3) is 10.1 Å². The lowest BCUT2D eigenvalue weighted by Crippen LogP contribution is -2.48. The number of aliphatic imine (C=N–C) groups is 1. The largest absolute Gasteiger partial charge is 0.386 e. The number of aliphatic hydroxyl groups is 1. The number of nitrogens with one attached hydrogen (secondary N) is 2. The number of nitrogens with zero attached hydrogens (tertiary/aromatic N) is 1. The molecule has 5 nitrogen and oxygen atoms in total. The normalized spacial score (nSPS) is 17.6. The van der Waals surface area contributed by atoms with Gasteiger partial charge < -0.3 is 20.5 Å². The number of fused-ring (bicyclic) bond motifs is 1. The van der Waals surface area contributed by atoms with Crippen molar-refractivity contribution < 1.29 is 9.84 Å². The number of benzene rings is 2. The second-order valence-electron chi connectivity index (χ2n) is 7.77. The van der Waals surface area contributed by atoms with Crippen molar-refractivity contribution in [3.05, 3.63) is 71.1 Å². The van der Waals surface area contributed by atoms with E-state index < -0.39 is 6.10 Å². The Morgan fingerprint density at radius 2 is 1.83 bits per heavy atom. The molecule has 1 aliphatic rings. The highest BCUT2D eigenvalue weighted by atomic mass is 32.1. The van der Waals surface area contributed by atoms with Gasteiger partial charge in [-0.1, -0.05) is 48.5 Å². The molecule has 2 aromatic carbocycles. The molecule has 1 unspecified atom stereocenters. The lowest BCUT2D eigenvalue weighted by Gasteiger charge is -2.38. The molecule has 0 bridgehead atoms. The molecule has 0 spiro atoms. The third kappa shape index (κ3) is 4.67. The van der Waals surface area contributed by atoms with Crippen molar-refractivity contribution in [3.8, 4) is 0 Å². The molecule has 1 aromatic heterocycles. The van der Waals surface area contributed by atoms with E-state index in [1.165, 1.54) is 15.6 Å². The zero-order valence-electron chi connectivity index (χ0n) is 17.3. The third-order valence-electron chi connectivity index (χ3n) is 5.89. The summed E-state index contributed by atoms with van der Waals surface area (Å²) in [5, 5.41) is 18.6. The summed E-state index contributed by atoms with van der Waals surface area (Å²) < 4.78 is 6.82. The summed E-state index contributed by atoms with van der Waals surface area (Å²) in [6.07, 6.45) is 1.38. The second kappa shape index (κ2) is 9.60. The summed E-state index contributed by atoms with van der Waals surface area (Å²) in [5.41, 5.74) is 1.36. The zero-order chi connectivity index (χ0) is 20.8. The average Bonchev–Trinajstić information content (AvgIpc) is 3.25. The molecule has 158 valence electrons. The fourth-order valence-corrected chi connectivity index (χ4v) is 5.11. The van der Waals surface area contributed by atoms with Gasteiger partial charge in [0, 0.05) is 48.3 Å². The first-order valence-corrected chi connectivity index (χ1v) is 11.3. The number of rotatable bonds is 6. The fourth-order valence-electron chi connectivity index (χ4n) is 4.06. The molecule has 3 N–H and O–H groups in total. The Hall–Kier alpha value is -2.41. The first kappa shape index (κ1) is 20.8. The molecule has 0 radical (unpaired) electrons. The van der Waals surface area contributed by atoms with Crippen molar-refractivity contribution in [2.24, 2.45) is 4.99 Å². The molecule has 0 amide bonds. The second-order valence-corrected chi connectivity index (χ2v) is 8.88. The third-order valence-corrected chi connectivity index (χ3v) is 7.11. The smallest absolute Gasteiger partial charge is 0.191 e. The van der Waals surface area contributed by atoms with Crippen molar-refractivity contribution >= 4 is 27.4 Å². The highest BCUT2D eigenvalue weighted by molar-refractivity contribution is 7.19. The maximum absolute atomic E-state index is 10.7. The lowest BCUT2D eigenvalue weighted by molar-refractivity contribution is 0.0513. The summed E-state index contributed by atoms with van der Waals surface area (Å²) >= 11 is 1.63. The van der Waals surface area contributed by atoms with E-state index in [0.717, 1.165) is 37.5 Å². The van der Waals surface area contributed by atoms with Crippen molar-refractivity contribution in [2.75, 3.05) is 33.4 Å². The number of aliphatic hydroxyl groups excluding tert-OH is 1. The Morgan fingerprint density at radius 1 is 1.10 bits per heavy atom. The van der Waals surface area contributed by atoms with Crippen molar-refractivity contribution in [1.29, 1.82) is 0 Å². The van der Waals surface area contributed by atoms with Crippen LogP contribution in [0.2, 0.25) is 0 Å². The van der Waals surface area contributed by atoms with Gasteiger partial charge >= 0.3 is 0 Å². The highest BCUT2D eigenvalue weighted by Gasteiger charge is 2.34. The van der Waals surface area contributed by atoms with E-state index in [0.29, 0.717) is 12.5 Å². The highest BCUT2D eigenvalue weighted by Crippen LogP contribution is 2.34. The molecule has 6 heteroatoms. The van der Waals surface area contributed by atoms with Gasteiger partial charge in [-0.15, -0.1) is 11.3 Å². The molecule has 1 saturated heterocycles. The van der Waals surface area contributed by atoms with Gasteiger partial charge in [0.2, 0.25) is 0 Å². The van der Waals surface area contributed by atoms with Crippen LogP contribution in [0.5, 0.6) is 0 Å². The maximum atomic E-state index is 10.7. The van der Waals surface area contributed by atoms with Gasteiger partial charge in [-0.05, 0) is 35.9 Å². The van der Waals surface area contributed by atoms with E-state index in [4.69, 9.17) is 4.74 Å². The predicted octanol–water partition coefficient (Wildman–Crippen LogP) is 3.85. The Bertz CT molecular complexity index is 947. The summed E-state index contributed by atoms with van der Waals surface area (Å²) in [5.74, 6) is 0.706. The van der Waals surface area contributed by atoms with Crippen molar-refractivity contribution in [2.45, 2.75) is 24.4 Å². The molecular weight excluding hydrogens is 394 g/mol. The number of guanidine groups is 1. The summed E-state index contributed by atoms with van der Waals surface area (Å²) in [6, 6.07) is 20.9. The summed E-state index contributed by atoms with van der Waals surface area (Å²) in [7, 11) is 1.76. The van der Waals surface area contributed by atoms with Gasteiger partial charge in [0.15, 0.2) is 5.96 Å². The standard InChI is InChI=1S/C24H29N3O2S/c1-25-23(26-16-20(28)22-15-18-7-5-6-10-21(18)30-22)27-17-24(11-13-29-14-12-24)19-8-3-2-4-9-19/h2-10,15,20,28H,11-14,16-17H2,1H3,(H2,25,26,27). The maximum Gasteiger partial charge on any atom is 0.191 e. The molecule has 1 fully saturated rings. The average molecular weight is 424 g/mol. The monoisotopic (exact) mass is 423 g/mol. The molecular formula is C24H29N3O2S. The van der Waals surface area contributed by atoms with E-state index in [9.17, 15) is 5.11 Å². The van der Waals surface area contributed by atoms with Crippen LogP contribution in [-0.2, 0) is 10.2 Å². The SMILES string of the molecule is CN=C(NCC(O)c1cc2ccccc2s1)NCC1(c2ccccc2)CCOCC1. The molecule has 2 heterocycles. The number of hydrogen-bond acceptors (Lipinski definition) is 4. The Labute approximate surface area is 181 Å². The molecule has 1 aliphatic heterocycles. The minimum Gasteiger partial charge on any atom is -0.386 e. The first-order chi connectivity index (χ1) is 14.7. The Morgan fingerprint density at radius 3 is 2.57 bits per heavy atom. The van der Waals surface area contributed by atoms with Crippen LogP contribution in [0.3, 0.4) is 0 Å². The number of ether oxygens (including phenoxy) is 1. The predicted molar refractivity (Wildman–Crippen MR) is 124 cm³/mol. The van der Waals surface area contributed by atoms with Gasteiger partial charge in [0.05, 0.1) is 0 Å². The van der Waals surface area contributed by atoms with E-state index in [2.05, 4.69) is 64.2 Å². The number of hydrogen-bond donors (Lipinski definition) is 3. The summed E-state index contributed by atoms with van der Waals surface area (Å²) in [6.45, 7) is 2.73. The number of thiophene rings is 1. The minimum atomic E-state index is -0.577. The Balaban J connectivity index is 1.38. The van der Waals surface area contributed by atoms with Crippen LogP contribution in [0, 0.1) is 0 Å². The molecule has 1 atom stereocenters. The van der Waals surface area contributed by atoms with E-state index in [1.807, 2.05) is 12.1 Å². The van der Waals surface area contributed by atoms with Gasteiger partial charge in [-0.2, -0.15) is 0 Å². The van der Waals surface area contributed by atoms with Crippen molar-refractivity contribution in [1.82, 2.24) is 10.6 Å². The molecule has 0 aliphatic carbocycles. The molecule has 30 heavy (non-hydrogen) atoms. The first-order valence-electron chi connectivity index (χ1n) is 10.4. The zero-order valence-corrected chi connectivity index (χ0v) is 18.1. The van der Waals surface area contributed by atoms with Crippen LogP contribution < -0.4 is 10.6 Å². The van der Waals surface area contributed by atoms with Crippen LogP contribution in [0.15, 0.2) is 65.7 Å². The molecule has 0 saturated carbocycles. The van der Waals surface area contributed by atoms with Crippen molar-refractivity contribution in [3.63, 3.8) is 0 Å².